The van der Waals surface area contributed by atoms with Crippen molar-refractivity contribution in [3.05, 3.63) is 12.2 Å². The number of nitrogens with zero attached hydrogens (tertiary/aromatic N) is 2. The first kappa shape index (κ1) is 14.5. The predicted octanol–water partition coefficient (Wildman–Crippen LogP) is 1.52. The van der Waals surface area contributed by atoms with Gasteiger partial charge in [-0.15, -0.1) is 0 Å². The summed E-state index contributed by atoms with van der Waals surface area (Å²) < 4.78 is 5.30. The fraction of sp³-hybridized carbons (Fsp3) is 0.800. The van der Waals surface area contributed by atoms with Crippen molar-refractivity contribution in [1.29, 1.82) is 0 Å². The molecule has 0 saturated carbocycles. The van der Waals surface area contributed by atoms with E-state index in [1.807, 2.05) is 4.90 Å². The molecule has 4 heteroatoms. The number of carbonyl (C=O) groups excluding carboxylic acids is 1. The quantitative estimate of drug-likeness (QED) is 0.723. The first-order chi connectivity index (χ1) is 9.19. The third-order valence-corrected chi connectivity index (χ3v) is 4.31. The Bertz CT molecular complexity index is 322. The number of methoxy groups -OCH3 is 1. The van der Waals surface area contributed by atoms with Gasteiger partial charge in [-0.1, -0.05) is 12.2 Å². The highest BCUT2D eigenvalue weighted by Crippen LogP contribution is 2.23. The minimum atomic E-state index is 0.282. The lowest BCUT2D eigenvalue weighted by molar-refractivity contribution is -0.133. The maximum atomic E-state index is 12.1. The lowest BCUT2D eigenvalue weighted by Crippen LogP contribution is -2.47. The Kier molecular flexibility index (Phi) is 5.40. The van der Waals surface area contributed by atoms with Crippen LogP contribution in [0.2, 0.25) is 0 Å². The molecule has 1 aliphatic heterocycles. The Balaban J connectivity index is 1.69. The summed E-state index contributed by atoms with van der Waals surface area (Å²) in [5.74, 6) is 0.887. The molecule has 19 heavy (non-hydrogen) atoms. The molecule has 2 rings (SSSR count). The van der Waals surface area contributed by atoms with Crippen molar-refractivity contribution in [2.45, 2.75) is 31.8 Å². The number of carbonyl (C=O) groups is 1. The van der Waals surface area contributed by atoms with Crippen molar-refractivity contribution in [2.75, 3.05) is 40.3 Å². The Hall–Kier alpha value is -0.870. The Morgan fingerprint density at radius 2 is 1.95 bits per heavy atom. The molecule has 1 aliphatic carbocycles. The number of ether oxygens (including phenoxy) is 1. The third-order valence-electron chi connectivity index (χ3n) is 4.31. The van der Waals surface area contributed by atoms with E-state index < -0.39 is 0 Å². The highest BCUT2D eigenvalue weighted by atomic mass is 16.5. The topological polar surface area (TPSA) is 32.8 Å². The molecule has 108 valence electrons. The van der Waals surface area contributed by atoms with Gasteiger partial charge < -0.3 is 14.5 Å². The summed E-state index contributed by atoms with van der Waals surface area (Å²) in [6.07, 6.45) is 8.56. The van der Waals surface area contributed by atoms with E-state index in [9.17, 15) is 4.79 Å². The predicted molar refractivity (Wildman–Crippen MR) is 76.0 cm³/mol. The summed E-state index contributed by atoms with van der Waals surface area (Å²) in [5, 5.41) is 0. The molecule has 1 heterocycles. The molecule has 2 unspecified atom stereocenters. The highest BCUT2D eigenvalue weighted by molar-refractivity contribution is 5.76. The monoisotopic (exact) mass is 266 g/mol. The third kappa shape index (κ3) is 4.32. The molecule has 0 radical (unpaired) electrons. The average Bonchev–Trinajstić information content (AvgIpc) is 2.46. The number of hydrogen-bond donors (Lipinski definition) is 0. The van der Waals surface area contributed by atoms with Crippen LogP contribution in [-0.2, 0) is 9.53 Å². The molecule has 2 aliphatic rings. The van der Waals surface area contributed by atoms with Crippen molar-refractivity contribution < 1.29 is 9.53 Å². The summed E-state index contributed by atoms with van der Waals surface area (Å²) in [6, 6.07) is 0. The van der Waals surface area contributed by atoms with Gasteiger partial charge in [0.2, 0.25) is 5.91 Å². The molecule has 1 saturated heterocycles. The van der Waals surface area contributed by atoms with Gasteiger partial charge in [-0.2, -0.15) is 0 Å². The van der Waals surface area contributed by atoms with Gasteiger partial charge in [-0.25, -0.2) is 0 Å². The van der Waals surface area contributed by atoms with E-state index >= 15 is 0 Å². The normalized spacial score (nSPS) is 28.6. The number of likely N-dealkylation sites (N-methyl/N-ethyl adjacent to an activating group) is 1. The standard InChI is InChI=1S/C15H26N2O2/c1-16-9-11-17(12-10-16)15(18)8-5-13-3-6-14(19-2)7-4-13/h3,6,13-14H,4-5,7-12H2,1-2H3. The zero-order valence-corrected chi connectivity index (χ0v) is 12.2. The number of piperazine rings is 1. The van der Waals surface area contributed by atoms with Crippen molar-refractivity contribution in [3.63, 3.8) is 0 Å². The Morgan fingerprint density at radius 1 is 1.21 bits per heavy atom. The van der Waals surface area contributed by atoms with Crippen molar-refractivity contribution in [1.82, 2.24) is 9.80 Å². The molecule has 0 bridgehead atoms. The molecular formula is C15H26N2O2. The second-order valence-corrected chi connectivity index (χ2v) is 5.72. The van der Waals surface area contributed by atoms with Gasteiger partial charge in [0.1, 0.15) is 0 Å². The first-order valence-electron chi connectivity index (χ1n) is 7.36. The van der Waals surface area contributed by atoms with Crippen LogP contribution in [0.4, 0.5) is 0 Å². The molecule has 0 aromatic heterocycles. The average molecular weight is 266 g/mol. The van der Waals surface area contributed by atoms with Crippen LogP contribution in [-0.4, -0.2) is 62.1 Å². The van der Waals surface area contributed by atoms with E-state index in [2.05, 4.69) is 24.1 Å². The number of allylic oxidation sites excluding steroid dienone is 1. The van der Waals surface area contributed by atoms with E-state index in [0.717, 1.165) is 45.4 Å². The molecule has 0 N–H and O–H groups in total. The molecule has 0 spiro atoms. The summed E-state index contributed by atoms with van der Waals surface area (Å²) in [6.45, 7) is 3.79. The maximum Gasteiger partial charge on any atom is 0.222 e. The van der Waals surface area contributed by atoms with Crippen molar-refractivity contribution in [3.8, 4) is 0 Å². The number of hydrogen-bond acceptors (Lipinski definition) is 3. The first-order valence-corrected chi connectivity index (χ1v) is 7.36. The molecular weight excluding hydrogens is 240 g/mol. The number of rotatable bonds is 4. The molecule has 4 nitrogen and oxygen atoms in total. The van der Waals surface area contributed by atoms with Gasteiger partial charge in [0, 0.05) is 39.7 Å². The van der Waals surface area contributed by atoms with Crippen LogP contribution in [0.5, 0.6) is 0 Å². The fourth-order valence-electron chi connectivity index (χ4n) is 2.81. The van der Waals surface area contributed by atoms with Gasteiger partial charge in [0.25, 0.3) is 0 Å². The Labute approximate surface area is 116 Å². The summed E-state index contributed by atoms with van der Waals surface area (Å²) in [4.78, 5) is 16.4. The van der Waals surface area contributed by atoms with Crippen LogP contribution in [0.25, 0.3) is 0 Å². The van der Waals surface area contributed by atoms with Gasteiger partial charge in [0.05, 0.1) is 6.10 Å². The van der Waals surface area contributed by atoms with Gasteiger partial charge in [-0.3, -0.25) is 4.79 Å². The largest absolute Gasteiger partial charge is 0.377 e. The Morgan fingerprint density at radius 3 is 2.53 bits per heavy atom. The van der Waals surface area contributed by atoms with E-state index in [1.165, 1.54) is 0 Å². The maximum absolute atomic E-state index is 12.1. The lowest BCUT2D eigenvalue weighted by Gasteiger charge is -2.32. The molecule has 1 fully saturated rings. The molecule has 0 aromatic carbocycles. The van der Waals surface area contributed by atoms with Crippen LogP contribution >= 0.6 is 0 Å². The molecule has 0 aromatic rings. The van der Waals surface area contributed by atoms with Crippen LogP contribution in [0.3, 0.4) is 0 Å². The van der Waals surface area contributed by atoms with Crippen LogP contribution in [0.1, 0.15) is 25.7 Å². The zero-order chi connectivity index (χ0) is 13.7. The van der Waals surface area contributed by atoms with Gasteiger partial charge >= 0.3 is 0 Å². The SMILES string of the molecule is COC1C=CC(CCC(=O)N2CCN(C)CC2)CC1. The van der Waals surface area contributed by atoms with Gasteiger partial charge in [0.15, 0.2) is 0 Å². The summed E-state index contributed by atoms with van der Waals surface area (Å²) in [7, 11) is 3.87. The minimum absolute atomic E-state index is 0.282. The highest BCUT2D eigenvalue weighted by Gasteiger charge is 2.21. The van der Waals surface area contributed by atoms with Crippen molar-refractivity contribution >= 4 is 5.91 Å². The molecule has 2 atom stereocenters. The van der Waals surface area contributed by atoms with E-state index in [1.54, 1.807) is 7.11 Å². The van der Waals surface area contributed by atoms with Crippen LogP contribution in [0, 0.1) is 5.92 Å². The molecule has 1 amide bonds. The van der Waals surface area contributed by atoms with E-state index in [4.69, 9.17) is 4.74 Å². The van der Waals surface area contributed by atoms with Crippen molar-refractivity contribution in [2.24, 2.45) is 5.92 Å². The smallest absolute Gasteiger partial charge is 0.222 e. The van der Waals surface area contributed by atoms with Crippen LogP contribution < -0.4 is 0 Å². The zero-order valence-electron chi connectivity index (χ0n) is 12.2. The minimum Gasteiger partial charge on any atom is -0.377 e. The summed E-state index contributed by atoms with van der Waals surface area (Å²) >= 11 is 0. The van der Waals surface area contributed by atoms with E-state index in [-0.39, 0.29) is 6.10 Å². The van der Waals surface area contributed by atoms with Crippen LogP contribution in [0.15, 0.2) is 12.2 Å². The van der Waals surface area contributed by atoms with E-state index in [0.29, 0.717) is 18.2 Å². The second kappa shape index (κ2) is 7.06. The van der Waals surface area contributed by atoms with Gasteiger partial charge in [-0.05, 0) is 32.2 Å². The number of amides is 1. The fourth-order valence-corrected chi connectivity index (χ4v) is 2.81. The summed E-state index contributed by atoms with van der Waals surface area (Å²) in [5.41, 5.74) is 0. The lowest BCUT2D eigenvalue weighted by atomic mass is 9.90. The second-order valence-electron chi connectivity index (χ2n) is 5.72.